The predicted octanol–water partition coefficient (Wildman–Crippen LogP) is 3.58. The highest BCUT2D eigenvalue weighted by Crippen LogP contribution is 2.32. The first-order valence-corrected chi connectivity index (χ1v) is 8.61. The Morgan fingerprint density at radius 3 is 2.79 bits per heavy atom. The molecule has 0 spiro atoms. The number of hydrogen-bond acceptors (Lipinski definition) is 7. The van der Waals surface area contributed by atoms with Crippen molar-refractivity contribution in [2.24, 2.45) is 0 Å². The minimum atomic E-state index is -0.640. The fourth-order valence-electron chi connectivity index (χ4n) is 2.89. The minimum Gasteiger partial charge on any atom is -0.478 e. The molecule has 0 bridgehead atoms. The first-order valence-electron chi connectivity index (χ1n) is 8.61. The molecule has 7 nitrogen and oxygen atoms in total. The maximum absolute atomic E-state index is 14.1. The van der Waals surface area contributed by atoms with Gasteiger partial charge in [-0.1, -0.05) is 18.2 Å². The second-order valence-electron chi connectivity index (χ2n) is 6.16. The molecule has 2 heterocycles. The van der Waals surface area contributed by atoms with E-state index in [1.165, 1.54) is 7.11 Å². The smallest absolute Gasteiger partial charge is 0.347 e. The van der Waals surface area contributed by atoms with Crippen LogP contribution >= 0.6 is 0 Å². The first kappa shape index (κ1) is 17.7. The Hall–Kier alpha value is -3.68. The van der Waals surface area contributed by atoms with Gasteiger partial charge in [-0.05, 0) is 30.3 Å². The zero-order valence-electron chi connectivity index (χ0n) is 15.0. The Morgan fingerprint density at radius 1 is 1.18 bits per heavy atom. The van der Waals surface area contributed by atoms with E-state index in [9.17, 15) is 9.18 Å². The molecule has 4 rings (SSSR count). The third kappa shape index (κ3) is 3.71. The van der Waals surface area contributed by atoms with Crippen LogP contribution < -0.4 is 15.4 Å². The number of esters is 1. The Morgan fingerprint density at radius 2 is 2.00 bits per heavy atom. The van der Waals surface area contributed by atoms with Crippen LogP contribution in [0.5, 0.6) is 5.75 Å². The van der Waals surface area contributed by atoms with Crippen LogP contribution in [-0.4, -0.2) is 29.2 Å². The SMILES string of the molecule is COC(=O)C1Cc2cc(Nc3ncc(F)c(Nc4ccccc4)n3)ccc2O1. The van der Waals surface area contributed by atoms with Gasteiger partial charge in [-0.25, -0.2) is 14.2 Å². The van der Waals surface area contributed by atoms with Gasteiger partial charge in [0, 0.05) is 23.4 Å². The topological polar surface area (TPSA) is 85.4 Å². The monoisotopic (exact) mass is 380 g/mol. The molecule has 0 amide bonds. The fraction of sp³-hybridized carbons (Fsp3) is 0.150. The third-order valence-corrected chi connectivity index (χ3v) is 4.24. The van der Waals surface area contributed by atoms with E-state index in [-0.39, 0.29) is 11.8 Å². The van der Waals surface area contributed by atoms with E-state index in [0.717, 1.165) is 17.4 Å². The maximum Gasteiger partial charge on any atom is 0.347 e. The van der Waals surface area contributed by atoms with Gasteiger partial charge in [0.15, 0.2) is 17.7 Å². The van der Waals surface area contributed by atoms with E-state index in [2.05, 4.69) is 20.6 Å². The second-order valence-corrected chi connectivity index (χ2v) is 6.16. The lowest BCUT2D eigenvalue weighted by atomic mass is 10.1. The van der Waals surface area contributed by atoms with E-state index in [1.807, 2.05) is 36.4 Å². The molecule has 1 aliphatic heterocycles. The lowest BCUT2D eigenvalue weighted by Gasteiger charge is -2.10. The number of anilines is 4. The van der Waals surface area contributed by atoms with Gasteiger partial charge < -0.3 is 20.1 Å². The largest absolute Gasteiger partial charge is 0.478 e. The molecule has 1 aliphatic rings. The number of halogens is 1. The van der Waals surface area contributed by atoms with Crippen molar-refractivity contribution in [1.82, 2.24) is 9.97 Å². The Bertz CT molecular complexity index is 1010. The van der Waals surface area contributed by atoms with Crippen LogP contribution in [0.15, 0.2) is 54.7 Å². The number of carbonyl (C=O) groups is 1. The average Bonchev–Trinajstić information content (AvgIpc) is 3.14. The van der Waals surface area contributed by atoms with Crippen LogP contribution in [0.25, 0.3) is 0 Å². The summed E-state index contributed by atoms with van der Waals surface area (Å²) in [7, 11) is 1.33. The molecule has 3 aromatic rings. The summed E-state index contributed by atoms with van der Waals surface area (Å²) in [5, 5.41) is 5.97. The molecule has 0 saturated heterocycles. The first-order chi connectivity index (χ1) is 13.6. The molecule has 0 aliphatic carbocycles. The molecule has 0 saturated carbocycles. The second kappa shape index (κ2) is 7.51. The van der Waals surface area contributed by atoms with Crippen molar-refractivity contribution >= 4 is 29.1 Å². The molecule has 8 heteroatoms. The van der Waals surface area contributed by atoms with Crippen molar-refractivity contribution in [2.75, 3.05) is 17.7 Å². The Kier molecular flexibility index (Phi) is 4.76. The number of nitrogens with one attached hydrogen (secondary N) is 2. The van der Waals surface area contributed by atoms with Crippen LogP contribution in [0.3, 0.4) is 0 Å². The molecule has 2 N–H and O–H groups in total. The molecule has 2 aromatic carbocycles. The summed E-state index contributed by atoms with van der Waals surface area (Å²) in [5.74, 6) is -0.0311. The molecular formula is C20H17FN4O3. The molecule has 1 atom stereocenters. The number of ether oxygens (including phenoxy) is 2. The van der Waals surface area contributed by atoms with Gasteiger partial charge in [-0.3, -0.25) is 0 Å². The molecule has 0 fully saturated rings. The zero-order chi connectivity index (χ0) is 19.5. The number of carbonyl (C=O) groups excluding carboxylic acids is 1. The number of hydrogen-bond donors (Lipinski definition) is 2. The number of fused-ring (bicyclic) bond motifs is 1. The molecule has 0 radical (unpaired) electrons. The zero-order valence-corrected chi connectivity index (χ0v) is 15.0. The average molecular weight is 380 g/mol. The van der Waals surface area contributed by atoms with Crippen LogP contribution in [-0.2, 0) is 16.0 Å². The van der Waals surface area contributed by atoms with Crippen molar-refractivity contribution in [3.8, 4) is 5.75 Å². The number of nitrogens with zero attached hydrogens (tertiary/aromatic N) is 2. The lowest BCUT2D eigenvalue weighted by Crippen LogP contribution is -2.26. The number of rotatable bonds is 5. The van der Waals surface area contributed by atoms with Crippen molar-refractivity contribution in [2.45, 2.75) is 12.5 Å². The van der Waals surface area contributed by atoms with Gasteiger partial charge in [-0.2, -0.15) is 4.98 Å². The van der Waals surface area contributed by atoms with Gasteiger partial charge >= 0.3 is 5.97 Å². The van der Waals surface area contributed by atoms with E-state index in [0.29, 0.717) is 17.9 Å². The van der Waals surface area contributed by atoms with E-state index < -0.39 is 17.9 Å². The quantitative estimate of drug-likeness (QED) is 0.655. The van der Waals surface area contributed by atoms with Crippen LogP contribution in [0, 0.1) is 5.82 Å². The molecule has 1 aromatic heterocycles. The van der Waals surface area contributed by atoms with Gasteiger partial charge in [-0.15, -0.1) is 0 Å². The summed E-state index contributed by atoms with van der Waals surface area (Å²) in [4.78, 5) is 19.8. The number of para-hydroxylation sites is 1. The predicted molar refractivity (Wildman–Crippen MR) is 102 cm³/mol. The molecule has 142 valence electrons. The van der Waals surface area contributed by atoms with Gasteiger partial charge in [0.25, 0.3) is 0 Å². The Balaban J connectivity index is 1.51. The summed E-state index contributed by atoms with van der Waals surface area (Å²) in [5.41, 5.74) is 2.28. The molecular weight excluding hydrogens is 363 g/mol. The van der Waals surface area contributed by atoms with Gasteiger partial charge in [0.05, 0.1) is 13.3 Å². The maximum atomic E-state index is 14.1. The summed E-state index contributed by atoms with van der Waals surface area (Å²) < 4.78 is 24.3. The van der Waals surface area contributed by atoms with Crippen LogP contribution in [0.2, 0.25) is 0 Å². The van der Waals surface area contributed by atoms with Crippen LogP contribution in [0.4, 0.5) is 27.5 Å². The minimum absolute atomic E-state index is 0.0685. The van der Waals surface area contributed by atoms with Crippen molar-refractivity contribution < 1.29 is 18.7 Å². The van der Waals surface area contributed by atoms with E-state index in [4.69, 9.17) is 9.47 Å². The van der Waals surface area contributed by atoms with Crippen molar-refractivity contribution in [3.05, 3.63) is 66.1 Å². The fourth-order valence-corrected chi connectivity index (χ4v) is 2.89. The molecule has 28 heavy (non-hydrogen) atoms. The summed E-state index contributed by atoms with van der Waals surface area (Å²) in [6, 6.07) is 14.6. The number of methoxy groups -OCH3 is 1. The summed E-state index contributed by atoms with van der Waals surface area (Å²) in [6.07, 6.45) is 0.881. The standard InChI is InChI=1S/C20H17FN4O3/c1-27-19(26)17-10-12-9-14(7-8-16(12)28-17)24-20-22-11-15(21)18(25-20)23-13-5-3-2-4-6-13/h2-9,11,17H,10H2,1H3,(H2,22,23,24,25). The normalized spacial score (nSPS) is 14.7. The lowest BCUT2D eigenvalue weighted by molar-refractivity contribution is -0.147. The summed E-state index contributed by atoms with van der Waals surface area (Å²) >= 11 is 0. The number of aromatic nitrogens is 2. The third-order valence-electron chi connectivity index (χ3n) is 4.24. The van der Waals surface area contributed by atoms with Crippen molar-refractivity contribution in [3.63, 3.8) is 0 Å². The van der Waals surface area contributed by atoms with Crippen LogP contribution in [0.1, 0.15) is 5.56 Å². The Labute approximate surface area is 160 Å². The van der Waals surface area contributed by atoms with Gasteiger partial charge in [0.2, 0.25) is 5.95 Å². The van der Waals surface area contributed by atoms with E-state index in [1.54, 1.807) is 12.1 Å². The number of benzene rings is 2. The van der Waals surface area contributed by atoms with Crippen molar-refractivity contribution in [1.29, 1.82) is 0 Å². The highest BCUT2D eigenvalue weighted by Gasteiger charge is 2.30. The van der Waals surface area contributed by atoms with Gasteiger partial charge in [0.1, 0.15) is 5.75 Å². The van der Waals surface area contributed by atoms with E-state index >= 15 is 0 Å². The highest BCUT2D eigenvalue weighted by atomic mass is 19.1. The molecule has 1 unspecified atom stereocenters. The highest BCUT2D eigenvalue weighted by molar-refractivity contribution is 5.77. The summed E-state index contributed by atoms with van der Waals surface area (Å²) in [6.45, 7) is 0.